The van der Waals surface area contributed by atoms with Gasteiger partial charge in [0.15, 0.2) is 0 Å². The molecule has 1 heterocycles. The predicted octanol–water partition coefficient (Wildman–Crippen LogP) is 1.82. The van der Waals surface area contributed by atoms with E-state index in [1.165, 1.54) is 16.9 Å². The Balaban J connectivity index is 2.00. The van der Waals surface area contributed by atoms with Gasteiger partial charge in [-0.3, -0.25) is 4.79 Å². The Bertz CT molecular complexity index is 400. The Hall–Kier alpha value is -0.870. The molecular formula is C13H20N2OS. The lowest BCUT2D eigenvalue weighted by atomic mass is 9.90. The molecule has 1 aromatic rings. The van der Waals surface area contributed by atoms with Crippen LogP contribution in [0.25, 0.3) is 0 Å². The van der Waals surface area contributed by atoms with Crippen LogP contribution in [0.1, 0.15) is 33.5 Å². The Morgan fingerprint density at radius 2 is 2.35 bits per heavy atom. The van der Waals surface area contributed by atoms with Crippen LogP contribution in [0.4, 0.5) is 0 Å². The van der Waals surface area contributed by atoms with Crippen LogP contribution in [0.2, 0.25) is 0 Å². The smallest absolute Gasteiger partial charge is 0.261 e. The van der Waals surface area contributed by atoms with E-state index in [-0.39, 0.29) is 5.91 Å². The van der Waals surface area contributed by atoms with E-state index >= 15 is 0 Å². The van der Waals surface area contributed by atoms with Crippen LogP contribution in [0, 0.1) is 5.92 Å². The first-order valence-corrected chi connectivity index (χ1v) is 7.06. The summed E-state index contributed by atoms with van der Waals surface area (Å²) >= 11 is 1.67. The summed E-state index contributed by atoms with van der Waals surface area (Å²) in [4.78, 5) is 14.2. The summed E-state index contributed by atoms with van der Waals surface area (Å²) in [5.41, 5.74) is 1.40. The van der Waals surface area contributed by atoms with Crippen molar-refractivity contribution in [2.45, 2.75) is 26.2 Å². The third-order valence-electron chi connectivity index (χ3n) is 3.21. The molecule has 0 saturated heterocycles. The van der Waals surface area contributed by atoms with Crippen LogP contribution in [0.5, 0.6) is 0 Å². The molecule has 1 atom stereocenters. The van der Waals surface area contributed by atoms with Gasteiger partial charge in [-0.1, -0.05) is 6.92 Å². The van der Waals surface area contributed by atoms with Gasteiger partial charge in [0.05, 0.1) is 4.88 Å². The number of thiophene rings is 1. The van der Waals surface area contributed by atoms with Gasteiger partial charge >= 0.3 is 0 Å². The molecule has 0 fully saturated rings. The molecule has 1 aliphatic rings. The van der Waals surface area contributed by atoms with E-state index in [4.69, 9.17) is 0 Å². The molecule has 0 spiro atoms. The maximum absolute atomic E-state index is 11.9. The molecule has 0 aliphatic heterocycles. The summed E-state index contributed by atoms with van der Waals surface area (Å²) in [7, 11) is 1.89. The van der Waals surface area contributed by atoms with Crippen molar-refractivity contribution in [1.29, 1.82) is 0 Å². The first kappa shape index (κ1) is 12.6. The summed E-state index contributed by atoms with van der Waals surface area (Å²) in [6, 6.07) is 2.09. The van der Waals surface area contributed by atoms with Gasteiger partial charge in [0.25, 0.3) is 5.91 Å². The summed E-state index contributed by atoms with van der Waals surface area (Å²) in [5.74, 6) is 0.838. The van der Waals surface area contributed by atoms with Gasteiger partial charge in [0.1, 0.15) is 0 Å². The van der Waals surface area contributed by atoms with Crippen molar-refractivity contribution in [1.82, 2.24) is 10.6 Å². The molecule has 0 radical (unpaired) electrons. The van der Waals surface area contributed by atoms with Crippen LogP contribution < -0.4 is 10.6 Å². The fourth-order valence-electron chi connectivity index (χ4n) is 2.21. The van der Waals surface area contributed by atoms with Gasteiger partial charge < -0.3 is 10.6 Å². The number of amides is 1. The Kier molecular flexibility index (Phi) is 4.18. The molecule has 1 amide bonds. The number of fused-ring (bicyclic) bond motifs is 1. The Morgan fingerprint density at radius 3 is 3.12 bits per heavy atom. The van der Waals surface area contributed by atoms with E-state index in [1.807, 2.05) is 7.05 Å². The van der Waals surface area contributed by atoms with Gasteiger partial charge in [0.2, 0.25) is 0 Å². The molecule has 0 aromatic carbocycles. The summed E-state index contributed by atoms with van der Waals surface area (Å²) in [6.07, 6.45) is 3.54. The standard InChI is InChI=1S/C13H20N2OS/c1-9-3-4-11-10(7-9)8-12(17-11)13(16)15-6-5-14-2/h8-9,14H,3-7H2,1-2H3,(H,15,16). The number of aryl methyl sites for hydroxylation is 1. The average molecular weight is 252 g/mol. The van der Waals surface area contributed by atoms with Crippen LogP contribution >= 0.6 is 11.3 Å². The van der Waals surface area contributed by atoms with Crippen LogP contribution in [0.3, 0.4) is 0 Å². The normalized spacial score (nSPS) is 18.8. The lowest BCUT2D eigenvalue weighted by Gasteiger charge is -2.16. The zero-order chi connectivity index (χ0) is 12.3. The minimum atomic E-state index is 0.0762. The molecular weight excluding hydrogens is 232 g/mol. The van der Waals surface area contributed by atoms with Crippen molar-refractivity contribution in [3.05, 3.63) is 21.4 Å². The predicted molar refractivity (Wildman–Crippen MR) is 71.8 cm³/mol. The van der Waals surface area contributed by atoms with Crippen LogP contribution in [0.15, 0.2) is 6.07 Å². The minimum Gasteiger partial charge on any atom is -0.350 e. The van der Waals surface area contributed by atoms with E-state index in [1.54, 1.807) is 11.3 Å². The maximum atomic E-state index is 11.9. The van der Waals surface area contributed by atoms with E-state index < -0.39 is 0 Å². The minimum absolute atomic E-state index is 0.0762. The molecule has 1 unspecified atom stereocenters. The van der Waals surface area contributed by atoms with Crippen LogP contribution in [-0.4, -0.2) is 26.0 Å². The number of likely N-dealkylation sites (N-methyl/N-ethyl adjacent to an activating group) is 1. The van der Waals surface area contributed by atoms with Gasteiger partial charge in [0, 0.05) is 18.0 Å². The van der Waals surface area contributed by atoms with Crippen molar-refractivity contribution in [3.8, 4) is 0 Å². The Morgan fingerprint density at radius 1 is 1.53 bits per heavy atom. The number of hydrogen-bond donors (Lipinski definition) is 2. The second-order valence-electron chi connectivity index (χ2n) is 4.77. The van der Waals surface area contributed by atoms with Crippen molar-refractivity contribution >= 4 is 17.2 Å². The number of hydrogen-bond acceptors (Lipinski definition) is 3. The SMILES string of the molecule is CNCCNC(=O)c1cc2c(s1)CCC(C)C2. The second-order valence-corrected chi connectivity index (χ2v) is 5.90. The van der Waals surface area contributed by atoms with E-state index in [9.17, 15) is 4.79 Å². The topological polar surface area (TPSA) is 41.1 Å². The van der Waals surface area contributed by atoms with Gasteiger partial charge in [-0.2, -0.15) is 0 Å². The highest BCUT2D eigenvalue weighted by atomic mass is 32.1. The van der Waals surface area contributed by atoms with Crippen molar-refractivity contribution < 1.29 is 4.79 Å². The molecule has 0 bridgehead atoms. The molecule has 2 N–H and O–H groups in total. The van der Waals surface area contributed by atoms with E-state index in [2.05, 4.69) is 23.6 Å². The van der Waals surface area contributed by atoms with Gasteiger partial charge in [-0.25, -0.2) is 0 Å². The average Bonchev–Trinajstić information content (AvgIpc) is 2.72. The van der Waals surface area contributed by atoms with E-state index in [0.717, 1.165) is 30.2 Å². The second kappa shape index (κ2) is 5.65. The van der Waals surface area contributed by atoms with Gasteiger partial charge in [-0.15, -0.1) is 11.3 Å². The largest absolute Gasteiger partial charge is 0.350 e. The first-order valence-electron chi connectivity index (χ1n) is 6.25. The monoisotopic (exact) mass is 252 g/mol. The van der Waals surface area contributed by atoms with Crippen LogP contribution in [-0.2, 0) is 12.8 Å². The molecule has 2 rings (SSSR count). The third kappa shape index (κ3) is 3.07. The first-order chi connectivity index (χ1) is 8.20. The lowest BCUT2D eigenvalue weighted by molar-refractivity contribution is 0.0958. The zero-order valence-electron chi connectivity index (χ0n) is 10.5. The molecule has 3 nitrogen and oxygen atoms in total. The van der Waals surface area contributed by atoms with E-state index in [0.29, 0.717) is 6.54 Å². The molecule has 1 aromatic heterocycles. The summed E-state index contributed by atoms with van der Waals surface area (Å²) in [6.45, 7) is 3.79. The quantitative estimate of drug-likeness (QED) is 0.803. The third-order valence-corrected chi connectivity index (χ3v) is 4.45. The molecule has 0 saturated carbocycles. The van der Waals surface area contributed by atoms with Crippen molar-refractivity contribution in [2.24, 2.45) is 5.92 Å². The highest BCUT2D eigenvalue weighted by molar-refractivity contribution is 7.14. The number of rotatable bonds is 4. The molecule has 17 heavy (non-hydrogen) atoms. The van der Waals surface area contributed by atoms with Crippen molar-refractivity contribution in [3.63, 3.8) is 0 Å². The summed E-state index contributed by atoms with van der Waals surface area (Å²) < 4.78 is 0. The molecule has 4 heteroatoms. The maximum Gasteiger partial charge on any atom is 0.261 e. The fraction of sp³-hybridized carbons (Fsp3) is 0.615. The number of carbonyl (C=O) groups excluding carboxylic acids is 1. The number of nitrogens with one attached hydrogen (secondary N) is 2. The lowest BCUT2D eigenvalue weighted by Crippen LogP contribution is -2.29. The zero-order valence-corrected chi connectivity index (χ0v) is 11.3. The Labute approximate surface area is 107 Å². The van der Waals surface area contributed by atoms with Gasteiger partial charge in [-0.05, 0) is 43.9 Å². The fourth-order valence-corrected chi connectivity index (χ4v) is 3.33. The summed E-state index contributed by atoms with van der Waals surface area (Å²) in [5, 5.41) is 5.95. The molecule has 94 valence electrons. The molecule has 1 aliphatic carbocycles. The highest BCUT2D eigenvalue weighted by Crippen LogP contribution is 2.32. The van der Waals surface area contributed by atoms with Crippen molar-refractivity contribution in [2.75, 3.05) is 20.1 Å². The highest BCUT2D eigenvalue weighted by Gasteiger charge is 2.20. The number of carbonyl (C=O) groups is 1.